The van der Waals surface area contributed by atoms with Crippen molar-refractivity contribution in [1.29, 1.82) is 0 Å². The second-order valence-corrected chi connectivity index (χ2v) is 6.30. The van der Waals surface area contributed by atoms with Crippen molar-refractivity contribution < 1.29 is 9.36 Å². The number of aryl methyl sites for hydroxylation is 1. The Kier molecular flexibility index (Phi) is 4.86. The van der Waals surface area contributed by atoms with Crippen LogP contribution < -0.4 is 10.3 Å². The van der Waals surface area contributed by atoms with Gasteiger partial charge in [0.05, 0.1) is 6.54 Å². The van der Waals surface area contributed by atoms with Crippen LogP contribution in [0.15, 0.2) is 48.5 Å². The molecule has 0 aliphatic carbocycles. The van der Waals surface area contributed by atoms with Crippen LogP contribution in [0.25, 0.3) is 11.0 Å². The standard InChI is InChI=1S/C19H20ClN3O/c1-2-3-12-22-16-6-4-5-7-17(16)23(19(22)21)13-18(24)14-8-10-15(20)11-9-14/h4-11,21H,2-3,12-13H2,1H3/p+1. The first kappa shape index (κ1) is 16.5. The third kappa shape index (κ3) is 3.15. The van der Waals surface area contributed by atoms with Crippen LogP contribution in [0.3, 0.4) is 0 Å². The number of aromatic nitrogens is 2. The van der Waals surface area contributed by atoms with Crippen molar-refractivity contribution in [3.63, 3.8) is 0 Å². The highest BCUT2D eigenvalue weighted by Crippen LogP contribution is 2.18. The Labute approximate surface area is 146 Å². The third-order valence-electron chi connectivity index (χ3n) is 4.22. The number of Topliss-reactive ketones (excluding diaryl/α,β-unsaturated/α-hetero) is 1. The molecule has 1 heterocycles. The second kappa shape index (κ2) is 7.05. The molecule has 2 aromatic carbocycles. The molecule has 0 amide bonds. The number of halogens is 1. The van der Waals surface area contributed by atoms with Crippen LogP contribution in [0.1, 0.15) is 30.1 Å². The molecule has 0 aliphatic rings. The van der Waals surface area contributed by atoms with Crippen molar-refractivity contribution >= 4 is 34.4 Å². The van der Waals surface area contributed by atoms with Gasteiger partial charge in [-0.05, 0) is 42.8 Å². The fourth-order valence-electron chi connectivity index (χ4n) is 2.90. The third-order valence-corrected chi connectivity index (χ3v) is 4.47. The molecule has 124 valence electrons. The molecule has 24 heavy (non-hydrogen) atoms. The molecule has 0 aliphatic heterocycles. The number of nitrogen functional groups attached to an aromatic ring is 1. The first-order valence-electron chi connectivity index (χ1n) is 8.17. The van der Waals surface area contributed by atoms with E-state index in [1.165, 1.54) is 0 Å². The maximum atomic E-state index is 12.6. The second-order valence-electron chi connectivity index (χ2n) is 5.87. The summed E-state index contributed by atoms with van der Waals surface area (Å²) in [7, 11) is 0. The number of nitrogens with zero attached hydrogens (tertiary/aromatic N) is 2. The number of ketones is 1. The largest absolute Gasteiger partial charge is 0.356 e. The summed E-state index contributed by atoms with van der Waals surface area (Å²) in [6, 6.07) is 15.0. The van der Waals surface area contributed by atoms with Crippen LogP contribution in [0.2, 0.25) is 5.02 Å². The van der Waals surface area contributed by atoms with Gasteiger partial charge in [0, 0.05) is 10.6 Å². The normalized spacial score (nSPS) is 11.1. The van der Waals surface area contributed by atoms with Crippen LogP contribution in [-0.2, 0) is 13.1 Å². The van der Waals surface area contributed by atoms with Crippen molar-refractivity contribution in [1.82, 2.24) is 4.57 Å². The summed E-state index contributed by atoms with van der Waals surface area (Å²) in [5.41, 5.74) is 9.04. The maximum Gasteiger partial charge on any atom is 0.356 e. The van der Waals surface area contributed by atoms with Gasteiger partial charge in [-0.2, -0.15) is 0 Å². The number of carbonyl (C=O) groups excluding carboxylic acids is 1. The summed E-state index contributed by atoms with van der Waals surface area (Å²) in [6.45, 7) is 3.22. The van der Waals surface area contributed by atoms with Gasteiger partial charge in [0.15, 0.2) is 5.78 Å². The first-order chi connectivity index (χ1) is 11.6. The zero-order chi connectivity index (χ0) is 17.1. The minimum Gasteiger partial charge on any atom is -0.291 e. The van der Waals surface area contributed by atoms with E-state index in [1.807, 2.05) is 28.8 Å². The summed E-state index contributed by atoms with van der Waals surface area (Å²) in [5.74, 6) is 0.633. The number of fused-ring (bicyclic) bond motifs is 1. The first-order valence-corrected chi connectivity index (χ1v) is 8.55. The monoisotopic (exact) mass is 342 g/mol. The smallest absolute Gasteiger partial charge is 0.291 e. The highest BCUT2D eigenvalue weighted by molar-refractivity contribution is 6.30. The van der Waals surface area contributed by atoms with Crippen molar-refractivity contribution in [2.45, 2.75) is 32.9 Å². The lowest BCUT2D eigenvalue weighted by molar-refractivity contribution is -0.642. The zero-order valence-corrected chi connectivity index (χ0v) is 14.5. The highest BCUT2D eigenvalue weighted by atomic mass is 35.5. The van der Waals surface area contributed by atoms with Gasteiger partial charge in [-0.1, -0.05) is 37.1 Å². The molecule has 0 saturated heterocycles. The van der Waals surface area contributed by atoms with Gasteiger partial charge in [-0.3, -0.25) is 10.5 Å². The zero-order valence-electron chi connectivity index (χ0n) is 13.7. The van der Waals surface area contributed by atoms with Crippen LogP contribution in [0.5, 0.6) is 0 Å². The van der Waals surface area contributed by atoms with E-state index in [-0.39, 0.29) is 12.3 Å². The summed E-state index contributed by atoms with van der Waals surface area (Å²) in [6.07, 6.45) is 2.14. The highest BCUT2D eigenvalue weighted by Gasteiger charge is 2.22. The van der Waals surface area contributed by atoms with Crippen molar-refractivity contribution in [2.75, 3.05) is 5.73 Å². The molecule has 5 heteroatoms. The predicted molar refractivity (Wildman–Crippen MR) is 97.2 cm³/mol. The van der Waals surface area contributed by atoms with Crippen LogP contribution >= 0.6 is 11.6 Å². The number of anilines is 1. The lowest BCUT2D eigenvalue weighted by atomic mass is 10.1. The van der Waals surface area contributed by atoms with Crippen LogP contribution in [-0.4, -0.2) is 10.4 Å². The molecule has 0 unspecified atom stereocenters. The van der Waals surface area contributed by atoms with Crippen molar-refractivity contribution in [3.05, 3.63) is 59.1 Å². The van der Waals surface area contributed by atoms with E-state index in [1.54, 1.807) is 24.3 Å². The number of unbranched alkanes of at least 4 members (excludes halogenated alkanes) is 1. The Morgan fingerprint density at radius 3 is 2.58 bits per heavy atom. The van der Waals surface area contributed by atoms with Gasteiger partial charge >= 0.3 is 5.95 Å². The quantitative estimate of drug-likeness (QED) is 0.546. The SMILES string of the molecule is CCCCn1c(N)[n+](CC(=O)c2ccc(Cl)cc2)c2ccccc21. The Balaban J connectivity index is 1.98. The Morgan fingerprint density at radius 2 is 1.88 bits per heavy atom. The summed E-state index contributed by atoms with van der Waals surface area (Å²) < 4.78 is 3.98. The lowest BCUT2D eigenvalue weighted by Gasteiger charge is -2.03. The average Bonchev–Trinajstić information content (AvgIpc) is 2.85. The van der Waals surface area contributed by atoms with E-state index < -0.39 is 0 Å². The molecule has 3 aromatic rings. The van der Waals surface area contributed by atoms with Gasteiger partial charge in [0.1, 0.15) is 17.6 Å². The molecule has 0 saturated carbocycles. The minimum atomic E-state index is 0.0155. The number of imidazole rings is 1. The van der Waals surface area contributed by atoms with Gasteiger partial charge in [-0.25, -0.2) is 9.13 Å². The number of benzene rings is 2. The molecular weight excluding hydrogens is 322 g/mol. The summed E-state index contributed by atoms with van der Waals surface area (Å²) >= 11 is 5.89. The van der Waals surface area contributed by atoms with Crippen LogP contribution in [0.4, 0.5) is 5.95 Å². The molecule has 0 bridgehead atoms. The van der Waals surface area contributed by atoms with E-state index in [0.717, 1.165) is 30.4 Å². The van der Waals surface area contributed by atoms with Gasteiger partial charge in [0.25, 0.3) is 0 Å². The molecule has 3 rings (SSSR count). The Bertz CT molecular complexity index is 868. The Morgan fingerprint density at radius 1 is 1.17 bits per heavy atom. The van der Waals surface area contributed by atoms with Crippen molar-refractivity contribution in [2.24, 2.45) is 0 Å². The predicted octanol–water partition coefficient (Wildman–Crippen LogP) is 3.85. The van der Waals surface area contributed by atoms with E-state index in [4.69, 9.17) is 17.3 Å². The van der Waals surface area contributed by atoms with E-state index in [0.29, 0.717) is 16.5 Å². The molecule has 2 N–H and O–H groups in total. The fraction of sp³-hybridized carbons (Fsp3) is 0.263. The van der Waals surface area contributed by atoms with Gasteiger partial charge < -0.3 is 0 Å². The average molecular weight is 343 g/mol. The number of hydrogen-bond donors (Lipinski definition) is 1. The van der Waals surface area contributed by atoms with Gasteiger partial charge in [-0.15, -0.1) is 0 Å². The lowest BCUT2D eigenvalue weighted by Crippen LogP contribution is -2.40. The molecule has 0 radical (unpaired) electrons. The fourth-order valence-corrected chi connectivity index (χ4v) is 3.03. The molecule has 1 aromatic heterocycles. The maximum absolute atomic E-state index is 12.6. The number of hydrogen-bond acceptors (Lipinski definition) is 2. The molecule has 0 spiro atoms. The number of para-hydroxylation sites is 2. The number of rotatable bonds is 6. The summed E-state index contributed by atoms with van der Waals surface area (Å²) in [5, 5.41) is 0.620. The molecular formula is C19H21ClN3O+. The van der Waals surface area contributed by atoms with Gasteiger partial charge in [0.2, 0.25) is 0 Å². The molecule has 4 nitrogen and oxygen atoms in total. The van der Waals surface area contributed by atoms with E-state index in [2.05, 4.69) is 11.5 Å². The number of carbonyl (C=O) groups is 1. The topological polar surface area (TPSA) is 51.9 Å². The minimum absolute atomic E-state index is 0.0155. The molecule has 0 atom stereocenters. The van der Waals surface area contributed by atoms with Crippen LogP contribution in [0, 0.1) is 0 Å². The molecule has 0 fully saturated rings. The number of nitrogens with two attached hydrogens (primary N) is 1. The summed E-state index contributed by atoms with van der Waals surface area (Å²) in [4.78, 5) is 12.6. The van der Waals surface area contributed by atoms with E-state index >= 15 is 0 Å². The Hall–Kier alpha value is -2.33. The van der Waals surface area contributed by atoms with E-state index in [9.17, 15) is 4.79 Å². The van der Waals surface area contributed by atoms with Crippen molar-refractivity contribution in [3.8, 4) is 0 Å².